The summed E-state index contributed by atoms with van der Waals surface area (Å²) in [5, 5.41) is 9.58. The van der Waals surface area contributed by atoms with E-state index in [1.165, 1.54) is 0 Å². The summed E-state index contributed by atoms with van der Waals surface area (Å²) in [6, 6.07) is 8.14. The van der Waals surface area contributed by atoms with Gasteiger partial charge in [-0.25, -0.2) is 9.59 Å². The smallest absolute Gasteiger partial charge is 0.408 e. The fourth-order valence-electron chi connectivity index (χ4n) is 2.90. The Bertz CT molecular complexity index is 781. The standard InChI is InChI=1S/C17H13I2NO5/c18-11-6-17(7-12(19)14(11)21)8-13(15(22)25-17)20(16(23)24)9-10-4-2-1-3-5-10/h1-7,13H,8-9H2,(H,23,24)/t13-/m0/s1. The van der Waals surface area contributed by atoms with Gasteiger partial charge in [0.05, 0.1) is 7.16 Å². The Morgan fingerprint density at radius 1 is 1.20 bits per heavy atom. The van der Waals surface area contributed by atoms with Crippen LogP contribution >= 0.6 is 45.2 Å². The van der Waals surface area contributed by atoms with Crippen LogP contribution in [0.25, 0.3) is 0 Å². The monoisotopic (exact) mass is 565 g/mol. The number of benzene rings is 1. The number of nitrogens with zero attached hydrogens (tertiary/aromatic N) is 1. The number of carbonyl (C=O) groups excluding carboxylic acids is 2. The minimum Gasteiger partial charge on any atom is -0.465 e. The first-order valence-electron chi connectivity index (χ1n) is 7.39. The minimum atomic E-state index is -1.19. The fourth-order valence-corrected chi connectivity index (χ4v) is 5.06. The van der Waals surface area contributed by atoms with Crippen molar-refractivity contribution in [1.82, 2.24) is 4.90 Å². The van der Waals surface area contributed by atoms with Crippen LogP contribution < -0.4 is 0 Å². The highest BCUT2D eigenvalue weighted by atomic mass is 127. The van der Waals surface area contributed by atoms with Crippen LogP contribution in [0.1, 0.15) is 12.0 Å². The maximum atomic E-state index is 12.4. The van der Waals surface area contributed by atoms with Gasteiger partial charge in [-0.3, -0.25) is 9.69 Å². The second-order valence-corrected chi connectivity index (χ2v) is 8.13. The van der Waals surface area contributed by atoms with Gasteiger partial charge in [0.1, 0.15) is 6.04 Å². The third-order valence-corrected chi connectivity index (χ3v) is 5.67. The highest BCUT2D eigenvalue weighted by Gasteiger charge is 2.50. The SMILES string of the molecule is O=C1C(I)=CC2(C=C1I)C[C@H](N(Cc1ccccc1)C(=O)O)C(=O)O2. The summed E-state index contributed by atoms with van der Waals surface area (Å²) in [7, 11) is 0. The second kappa shape index (κ2) is 7.06. The molecule has 1 spiro atoms. The van der Waals surface area contributed by atoms with Crippen LogP contribution in [0.3, 0.4) is 0 Å². The van der Waals surface area contributed by atoms with Gasteiger partial charge in [-0.2, -0.15) is 0 Å². The number of amides is 1. The van der Waals surface area contributed by atoms with Gasteiger partial charge >= 0.3 is 12.1 Å². The topological polar surface area (TPSA) is 83.9 Å². The van der Waals surface area contributed by atoms with Gasteiger partial charge in [0.25, 0.3) is 0 Å². The van der Waals surface area contributed by atoms with E-state index in [9.17, 15) is 19.5 Å². The molecular formula is C17H13I2NO5. The van der Waals surface area contributed by atoms with E-state index >= 15 is 0 Å². The molecule has 0 saturated carbocycles. The van der Waals surface area contributed by atoms with Gasteiger partial charge in [-0.15, -0.1) is 0 Å². The summed E-state index contributed by atoms with van der Waals surface area (Å²) in [4.78, 5) is 37.1. The molecule has 0 radical (unpaired) electrons. The zero-order valence-corrected chi connectivity index (χ0v) is 17.1. The number of ether oxygens (including phenoxy) is 1. The Balaban J connectivity index is 1.88. The van der Waals surface area contributed by atoms with Crippen molar-refractivity contribution in [3.05, 3.63) is 55.2 Å². The normalized spacial score (nSPS) is 21.6. The number of halogens is 2. The molecule has 1 N–H and O–H groups in total. The molecule has 3 rings (SSSR count). The molecule has 1 saturated heterocycles. The fraction of sp³-hybridized carbons (Fsp3) is 0.235. The molecule has 130 valence electrons. The molecule has 0 unspecified atom stereocenters. The second-order valence-electron chi connectivity index (χ2n) is 5.81. The van der Waals surface area contributed by atoms with Crippen LogP contribution in [0.5, 0.6) is 0 Å². The lowest BCUT2D eigenvalue weighted by molar-refractivity contribution is -0.146. The number of allylic oxidation sites excluding steroid dienone is 2. The first-order chi connectivity index (χ1) is 11.8. The van der Waals surface area contributed by atoms with Crippen molar-refractivity contribution in [2.24, 2.45) is 0 Å². The lowest BCUT2D eigenvalue weighted by Gasteiger charge is -2.26. The molecule has 1 aromatic rings. The third-order valence-electron chi connectivity index (χ3n) is 4.07. The van der Waals surface area contributed by atoms with Crippen molar-refractivity contribution in [2.45, 2.75) is 24.6 Å². The Kier molecular flexibility index (Phi) is 5.19. The number of Topliss-reactive ketones (excluding diaryl/α,β-unsaturated/α-hetero) is 1. The zero-order chi connectivity index (χ0) is 18.2. The van der Waals surface area contributed by atoms with Crippen LogP contribution in [0.15, 0.2) is 49.6 Å². The Morgan fingerprint density at radius 3 is 2.36 bits per heavy atom. The molecule has 1 amide bonds. The number of carbonyl (C=O) groups is 3. The van der Waals surface area contributed by atoms with E-state index in [0.29, 0.717) is 7.16 Å². The summed E-state index contributed by atoms with van der Waals surface area (Å²) < 4.78 is 6.42. The van der Waals surface area contributed by atoms with Crippen molar-refractivity contribution >= 4 is 63.0 Å². The Morgan fingerprint density at radius 2 is 1.80 bits per heavy atom. The largest absolute Gasteiger partial charge is 0.465 e. The van der Waals surface area contributed by atoms with Crippen LogP contribution in [0, 0.1) is 0 Å². The molecule has 8 heteroatoms. The van der Waals surface area contributed by atoms with Crippen LogP contribution in [-0.2, 0) is 20.9 Å². The highest BCUT2D eigenvalue weighted by molar-refractivity contribution is 14.1. The van der Waals surface area contributed by atoms with E-state index in [1.807, 2.05) is 63.4 Å². The molecule has 6 nitrogen and oxygen atoms in total. The van der Waals surface area contributed by atoms with Crippen molar-refractivity contribution in [2.75, 3.05) is 0 Å². The molecule has 0 bridgehead atoms. The molecule has 2 aliphatic rings. The van der Waals surface area contributed by atoms with E-state index < -0.39 is 23.7 Å². The number of rotatable bonds is 3. The number of hydrogen-bond donors (Lipinski definition) is 1. The number of carboxylic acid groups (broad SMARTS) is 1. The van der Waals surface area contributed by atoms with Gasteiger partial charge in [-0.05, 0) is 62.9 Å². The Hall–Kier alpha value is -1.43. The average molecular weight is 565 g/mol. The molecule has 1 heterocycles. The van der Waals surface area contributed by atoms with Crippen molar-refractivity contribution in [1.29, 1.82) is 0 Å². The third kappa shape index (κ3) is 3.73. The summed E-state index contributed by atoms with van der Waals surface area (Å²) in [5.41, 5.74) is -0.277. The van der Waals surface area contributed by atoms with E-state index in [2.05, 4.69) is 0 Å². The maximum absolute atomic E-state index is 12.4. The average Bonchev–Trinajstić information content (AvgIpc) is 2.86. The summed E-state index contributed by atoms with van der Waals surface area (Å²) >= 11 is 3.81. The number of hydrogen-bond acceptors (Lipinski definition) is 4. The number of ketones is 1. The molecule has 25 heavy (non-hydrogen) atoms. The van der Waals surface area contributed by atoms with Gasteiger partial charge in [-0.1, -0.05) is 30.3 Å². The molecule has 1 aromatic carbocycles. The quantitative estimate of drug-likeness (QED) is 0.449. The maximum Gasteiger partial charge on any atom is 0.408 e. The predicted molar refractivity (Wildman–Crippen MR) is 106 cm³/mol. The zero-order valence-electron chi connectivity index (χ0n) is 12.8. The van der Waals surface area contributed by atoms with Crippen molar-refractivity contribution in [3.8, 4) is 0 Å². The van der Waals surface area contributed by atoms with E-state index in [0.717, 1.165) is 10.5 Å². The van der Waals surface area contributed by atoms with Gasteiger partial charge in [0, 0.05) is 13.0 Å². The van der Waals surface area contributed by atoms with Crippen LogP contribution in [-0.4, -0.2) is 39.5 Å². The predicted octanol–water partition coefficient (Wildman–Crippen LogP) is 3.44. The minimum absolute atomic E-state index is 0.0898. The van der Waals surface area contributed by atoms with E-state index in [-0.39, 0.29) is 18.7 Å². The lowest BCUT2D eigenvalue weighted by Crippen LogP contribution is -2.42. The van der Waals surface area contributed by atoms with Gasteiger partial charge < -0.3 is 9.84 Å². The highest BCUT2D eigenvalue weighted by Crippen LogP contribution is 2.40. The molecule has 1 aliphatic heterocycles. The molecule has 1 atom stereocenters. The summed E-state index contributed by atoms with van der Waals surface area (Å²) in [5.74, 6) is -0.723. The summed E-state index contributed by atoms with van der Waals surface area (Å²) in [6.45, 7) is 0.0898. The molecule has 0 aromatic heterocycles. The van der Waals surface area contributed by atoms with E-state index in [1.54, 1.807) is 24.3 Å². The molecule has 1 aliphatic carbocycles. The molecule has 1 fully saturated rings. The summed E-state index contributed by atoms with van der Waals surface area (Å²) in [6.07, 6.45) is 2.15. The van der Waals surface area contributed by atoms with Gasteiger partial charge in [0.15, 0.2) is 5.60 Å². The van der Waals surface area contributed by atoms with Crippen molar-refractivity contribution < 1.29 is 24.2 Å². The Labute approximate surface area is 171 Å². The first-order valence-corrected chi connectivity index (χ1v) is 9.55. The molecular weight excluding hydrogens is 552 g/mol. The van der Waals surface area contributed by atoms with Gasteiger partial charge in [0.2, 0.25) is 5.78 Å². The van der Waals surface area contributed by atoms with E-state index in [4.69, 9.17) is 4.74 Å². The first kappa shape index (κ1) is 18.4. The van der Waals surface area contributed by atoms with Crippen molar-refractivity contribution in [3.63, 3.8) is 0 Å². The van der Waals surface area contributed by atoms with Crippen LogP contribution in [0.2, 0.25) is 0 Å². The van der Waals surface area contributed by atoms with Crippen LogP contribution in [0.4, 0.5) is 4.79 Å². The lowest BCUT2D eigenvalue weighted by atomic mass is 9.92. The number of esters is 1.